The summed E-state index contributed by atoms with van der Waals surface area (Å²) in [6.07, 6.45) is 7.59. The molecule has 0 atom stereocenters. The predicted molar refractivity (Wildman–Crippen MR) is 66.1 cm³/mol. The molecule has 0 unspecified atom stereocenters. The van der Waals surface area contributed by atoms with Crippen LogP contribution in [0.4, 0.5) is 0 Å². The van der Waals surface area contributed by atoms with Gasteiger partial charge in [0.2, 0.25) is 0 Å². The normalized spacial score (nSPS) is 27.8. The lowest BCUT2D eigenvalue weighted by Crippen LogP contribution is -2.32. The summed E-state index contributed by atoms with van der Waals surface area (Å²) in [5.41, 5.74) is 0.295. The first-order valence-electron chi connectivity index (χ1n) is 5.42. The van der Waals surface area contributed by atoms with Gasteiger partial charge in [-0.25, -0.2) is 0 Å². The van der Waals surface area contributed by atoms with Crippen LogP contribution in [-0.4, -0.2) is 31.5 Å². The van der Waals surface area contributed by atoms with Gasteiger partial charge in [-0.15, -0.1) is 11.6 Å². The second-order valence-corrected chi connectivity index (χ2v) is 4.82. The number of hydrogen-bond donors (Lipinski definition) is 0. The molecule has 0 aromatic heterocycles. The van der Waals surface area contributed by atoms with Crippen molar-refractivity contribution in [1.29, 1.82) is 0 Å². The number of amides is 1. The van der Waals surface area contributed by atoms with Gasteiger partial charge in [0, 0.05) is 19.0 Å². The van der Waals surface area contributed by atoms with Crippen LogP contribution in [0, 0.1) is 36.5 Å². The van der Waals surface area contributed by atoms with Gasteiger partial charge in [-0.1, -0.05) is 0 Å². The summed E-state index contributed by atoms with van der Waals surface area (Å²) in [4.78, 5) is 13.8. The van der Waals surface area contributed by atoms with Gasteiger partial charge in [-0.3, -0.25) is 4.79 Å². The Morgan fingerprint density at radius 1 is 1.47 bits per heavy atom. The van der Waals surface area contributed by atoms with E-state index in [1.165, 1.54) is 0 Å². The molecule has 91 valence electrons. The summed E-state index contributed by atoms with van der Waals surface area (Å²) in [5, 5.41) is 0.673. The van der Waals surface area contributed by atoms with E-state index >= 15 is 0 Å². The van der Waals surface area contributed by atoms with Gasteiger partial charge in [0.25, 0.3) is 5.91 Å². The smallest absolute Gasteiger partial charge is 0.253 e. The lowest BCUT2D eigenvalue weighted by molar-refractivity contribution is -0.123. The molecule has 1 saturated carbocycles. The number of hydrogen-bond acceptors (Lipinski definition) is 2. The Morgan fingerprint density at radius 2 is 2.06 bits per heavy atom. The molecule has 1 aliphatic carbocycles. The van der Waals surface area contributed by atoms with E-state index in [-0.39, 0.29) is 5.91 Å². The molecule has 3 nitrogen and oxygen atoms in total. The van der Waals surface area contributed by atoms with Crippen LogP contribution in [0.3, 0.4) is 0 Å². The van der Waals surface area contributed by atoms with Gasteiger partial charge in [0.1, 0.15) is 5.76 Å². The predicted octanol–water partition coefficient (Wildman–Crippen LogP) is 1.97. The molecule has 1 aliphatic heterocycles. The fourth-order valence-corrected chi connectivity index (χ4v) is 2.48. The van der Waals surface area contributed by atoms with Gasteiger partial charge >= 0.3 is 0 Å². The lowest BCUT2D eigenvalue weighted by Gasteiger charge is -2.34. The average Bonchev–Trinajstić information content (AvgIpc) is 2.55. The summed E-state index contributed by atoms with van der Waals surface area (Å²) in [6, 6.07) is 0. The van der Waals surface area contributed by atoms with Crippen LogP contribution in [-0.2, 0) is 9.53 Å². The van der Waals surface area contributed by atoms with E-state index in [0.717, 1.165) is 0 Å². The Kier molecular flexibility index (Phi) is 3.39. The first-order valence-corrected chi connectivity index (χ1v) is 5.80. The Hall–Kier alpha value is -0.700. The molecular weight excluding hydrogens is 238 g/mol. The first kappa shape index (κ1) is 12.7. The number of ether oxygens (including phenoxy) is 1. The second-order valence-electron chi connectivity index (χ2n) is 4.39. The minimum atomic E-state index is -0.398. The van der Waals surface area contributed by atoms with E-state index in [1.54, 1.807) is 19.1 Å². The van der Waals surface area contributed by atoms with Crippen molar-refractivity contribution < 1.29 is 9.53 Å². The number of halogens is 1. The SMILES string of the molecule is CO/C(C)=C1/C(=O)N(C)CC12[CH][CH][C](Cl)[CH][CH]2. The molecule has 0 aromatic carbocycles. The van der Waals surface area contributed by atoms with Crippen molar-refractivity contribution in [2.45, 2.75) is 6.92 Å². The number of likely N-dealkylation sites (N-methyl/N-ethyl adjacent to an activating group) is 1. The zero-order valence-corrected chi connectivity index (χ0v) is 10.9. The third kappa shape index (κ3) is 2.05. The fourth-order valence-electron chi connectivity index (χ4n) is 2.35. The van der Waals surface area contributed by atoms with Crippen molar-refractivity contribution in [2.75, 3.05) is 20.7 Å². The molecule has 0 bridgehead atoms. The summed E-state index contributed by atoms with van der Waals surface area (Å²) >= 11 is 5.91. The molecule has 1 amide bonds. The zero-order valence-electron chi connectivity index (χ0n) is 10.2. The van der Waals surface area contributed by atoms with E-state index in [0.29, 0.717) is 23.3 Å². The van der Waals surface area contributed by atoms with E-state index in [4.69, 9.17) is 16.3 Å². The van der Waals surface area contributed by atoms with Gasteiger partial charge in [-0.05, 0) is 32.6 Å². The number of rotatable bonds is 1. The molecule has 0 N–H and O–H groups in total. The topological polar surface area (TPSA) is 29.5 Å². The third-order valence-electron chi connectivity index (χ3n) is 3.26. The van der Waals surface area contributed by atoms with E-state index < -0.39 is 5.41 Å². The monoisotopic (exact) mass is 252 g/mol. The van der Waals surface area contributed by atoms with Crippen molar-refractivity contribution in [1.82, 2.24) is 4.90 Å². The van der Waals surface area contributed by atoms with Crippen LogP contribution in [0.25, 0.3) is 0 Å². The largest absolute Gasteiger partial charge is 0.501 e. The number of carbonyl (C=O) groups excluding carboxylic acids is 1. The van der Waals surface area contributed by atoms with Crippen LogP contribution in [0.1, 0.15) is 6.92 Å². The Labute approximate surface area is 108 Å². The highest BCUT2D eigenvalue weighted by Gasteiger charge is 2.50. The van der Waals surface area contributed by atoms with Gasteiger partial charge in [-0.2, -0.15) is 0 Å². The van der Waals surface area contributed by atoms with Crippen molar-refractivity contribution >= 4 is 17.5 Å². The second kappa shape index (κ2) is 4.52. The Balaban J connectivity index is 2.36. The van der Waals surface area contributed by atoms with Gasteiger partial charge < -0.3 is 9.64 Å². The standard InChI is InChI=1S/C13H15ClNO2/c1-9(17-3)11-12(16)15(2)8-13(11)6-4-10(14)5-7-13/h4-7H,8H2,1-3H3/b11-9-. The first-order chi connectivity index (χ1) is 8.00. The number of nitrogens with zero attached hydrogens (tertiary/aromatic N) is 1. The van der Waals surface area contributed by atoms with Gasteiger partial charge in [0.05, 0.1) is 18.1 Å². The van der Waals surface area contributed by atoms with Gasteiger partial charge in [0.15, 0.2) is 0 Å². The molecule has 4 heteroatoms. The maximum Gasteiger partial charge on any atom is 0.253 e. The molecule has 2 fully saturated rings. The molecule has 1 spiro atoms. The van der Waals surface area contributed by atoms with Crippen LogP contribution >= 0.6 is 11.6 Å². The fraction of sp³-hybridized carbons (Fsp3) is 0.385. The quantitative estimate of drug-likeness (QED) is 0.528. The van der Waals surface area contributed by atoms with E-state index in [1.807, 2.05) is 32.6 Å². The minimum Gasteiger partial charge on any atom is -0.501 e. The van der Waals surface area contributed by atoms with Crippen molar-refractivity contribution in [2.24, 2.45) is 5.41 Å². The number of methoxy groups -OCH3 is 1. The number of likely N-dealkylation sites (tertiary alicyclic amines) is 1. The molecule has 2 aliphatic rings. The average molecular weight is 253 g/mol. The Morgan fingerprint density at radius 3 is 2.59 bits per heavy atom. The maximum atomic E-state index is 12.1. The van der Waals surface area contributed by atoms with E-state index in [9.17, 15) is 4.79 Å². The highest BCUT2D eigenvalue weighted by molar-refractivity contribution is 6.29. The molecule has 1 heterocycles. The summed E-state index contributed by atoms with van der Waals surface area (Å²) in [5.74, 6) is 0.670. The highest BCUT2D eigenvalue weighted by Crippen LogP contribution is 2.49. The number of carbonyl (C=O) groups is 1. The van der Waals surface area contributed by atoms with Crippen molar-refractivity contribution in [3.63, 3.8) is 0 Å². The minimum absolute atomic E-state index is 0.0108. The van der Waals surface area contributed by atoms with Crippen LogP contribution < -0.4 is 0 Å². The number of allylic oxidation sites excluding steroid dienone is 1. The molecule has 5 radical (unpaired) electrons. The van der Waals surface area contributed by atoms with E-state index in [2.05, 4.69) is 0 Å². The molecular formula is C13H15ClNO2. The molecule has 2 rings (SSSR count). The lowest BCUT2D eigenvalue weighted by atomic mass is 9.70. The van der Waals surface area contributed by atoms with Crippen LogP contribution in [0.15, 0.2) is 11.3 Å². The van der Waals surface area contributed by atoms with Crippen LogP contribution in [0.2, 0.25) is 0 Å². The Bertz CT molecular complexity index is 356. The molecule has 0 aromatic rings. The summed E-state index contributed by atoms with van der Waals surface area (Å²) < 4.78 is 5.23. The van der Waals surface area contributed by atoms with Crippen molar-refractivity contribution in [3.05, 3.63) is 42.4 Å². The zero-order chi connectivity index (χ0) is 12.6. The van der Waals surface area contributed by atoms with Crippen LogP contribution in [0.5, 0.6) is 0 Å². The van der Waals surface area contributed by atoms with Crippen molar-refractivity contribution in [3.8, 4) is 0 Å². The molecule has 1 saturated heterocycles. The molecule has 17 heavy (non-hydrogen) atoms. The maximum absolute atomic E-state index is 12.1. The summed E-state index contributed by atoms with van der Waals surface area (Å²) in [6.45, 7) is 2.44. The summed E-state index contributed by atoms with van der Waals surface area (Å²) in [7, 11) is 3.37. The highest BCUT2D eigenvalue weighted by atomic mass is 35.5. The third-order valence-corrected chi connectivity index (χ3v) is 3.51.